The first-order chi connectivity index (χ1) is 14.5. The van der Waals surface area contributed by atoms with Crippen molar-refractivity contribution in [3.05, 3.63) is 67.6 Å². The van der Waals surface area contributed by atoms with E-state index < -0.39 is 0 Å². The normalized spacial score (nSPS) is 14.8. The number of halogens is 1. The van der Waals surface area contributed by atoms with Crippen LogP contribution in [0.1, 0.15) is 32.3 Å². The molecular formula is C22H24BrN3O3S. The van der Waals surface area contributed by atoms with Gasteiger partial charge < -0.3 is 14.2 Å². The third-order valence-corrected chi connectivity index (χ3v) is 6.94. The molecule has 0 aliphatic carbocycles. The summed E-state index contributed by atoms with van der Waals surface area (Å²) < 4.78 is 12.1. The number of carbonyl (C=O) groups is 1. The first-order valence-electron chi connectivity index (χ1n) is 9.90. The molecule has 0 spiro atoms. The highest BCUT2D eigenvalue weighted by Crippen LogP contribution is 2.24. The van der Waals surface area contributed by atoms with Gasteiger partial charge in [-0.25, -0.2) is 0 Å². The zero-order valence-electron chi connectivity index (χ0n) is 17.1. The minimum absolute atomic E-state index is 0.0748. The molecule has 158 valence electrons. The van der Waals surface area contributed by atoms with Gasteiger partial charge in [0.15, 0.2) is 0 Å². The molecule has 0 saturated carbocycles. The number of benzene rings is 1. The second kappa shape index (κ2) is 9.32. The van der Waals surface area contributed by atoms with Crippen LogP contribution in [0.4, 0.5) is 0 Å². The maximum atomic E-state index is 12.9. The SMILES string of the molecule is Cc1noc(C)c1COc1ccc(C(=O)N2CCN(Cc3ccc(Br)s3)CC2)cc1. The second-order valence-corrected chi connectivity index (χ2v) is 9.94. The molecule has 0 unspecified atom stereocenters. The summed E-state index contributed by atoms with van der Waals surface area (Å²) in [4.78, 5) is 18.5. The van der Waals surface area contributed by atoms with Crippen molar-refractivity contribution in [3.63, 3.8) is 0 Å². The van der Waals surface area contributed by atoms with E-state index in [2.05, 4.69) is 38.1 Å². The van der Waals surface area contributed by atoms with Crippen molar-refractivity contribution in [2.24, 2.45) is 0 Å². The number of rotatable bonds is 6. The average molecular weight is 490 g/mol. The predicted molar refractivity (Wildman–Crippen MR) is 120 cm³/mol. The minimum atomic E-state index is 0.0748. The molecule has 0 bridgehead atoms. The van der Waals surface area contributed by atoms with Crippen molar-refractivity contribution in [1.82, 2.24) is 15.0 Å². The van der Waals surface area contributed by atoms with Gasteiger partial charge in [0.25, 0.3) is 5.91 Å². The standard InChI is InChI=1S/C22H24BrN3O3S/c1-15-20(16(2)29-24-15)14-28-18-5-3-17(4-6-18)22(27)26-11-9-25(10-12-26)13-19-7-8-21(23)30-19/h3-8H,9-14H2,1-2H3. The summed E-state index contributed by atoms with van der Waals surface area (Å²) in [5.41, 5.74) is 2.49. The lowest BCUT2D eigenvalue weighted by atomic mass is 10.1. The van der Waals surface area contributed by atoms with Gasteiger partial charge in [0, 0.05) is 43.2 Å². The molecule has 8 heteroatoms. The van der Waals surface area contributed by atoms with E-state index in [0.29, 0.717) is 12.2 Å². The third-order valence-electron chi connectivity index (χ3n) is 5.33. The van der Waals surface area contributed by atoms with Crippen molar-refractivity contribution >= 4 is 33.2 Å². The topological polar surface area (TPSA) is 58.8 Å². The van der Waals surface area contributed by atoms with Gasteiger partial charge in [-0.2, -0.15) is 0 Å². The summed E-state index contributed by atoms with van der Waals surface area (Å²) in [5.74, 6) is 1.56. The van der Waals surface area contributed by atoms with Crippen LogP contribution in [0.5, 0.6) is 5.75 Å². The molecular weight excluding hydrogens is 466 g/mol. The molecule has 30 heavy (non-hydrogen) atoms. The summed E-state index contributed by atoms with van der Waals surface area (Å²) >= 11 is 5.28. The number of carbonyl (C=O) groups excluding carboxylic acids is 1. The number of nitrogens with zero attached hydrogens (tertiary/aromatic N) is 3. The summed E-state index contributed by atoms with van der Waals surface area (Å²) in [6.07, 6.45) is 0. The fraction of sp³-hybridized carbons (Fsp3) is 0.364. The molecule has 1 amide bonds. The van der Waals surface area contributed by atoms with Crippen LogP contribution in [-0.4, -0.2) is 47.0 Å². The molecule has 2 aromatic heterocycles. The number of hydrogen-bond acceptors (Lipinski definition) is 6. The fourth-order valence-electron chi connectivity index (χ4n) is 3.51. The van der Waals surface area contributed by atoms with Crippen LogP contribution in [-0.2, 0) is 13.2 Å². The Kier molecular flexibility index (Phi) is 6.55. The van der Waals surface area contributed by atoms with Crippen LogP contribution in [0.15, 0.2) is 44.7 Å². The van der Waals surface area contributed by atoms with Crippen LogP contribution in [0, 0.1) is 13.8 Å². The number of thiophene rings is 1. The highest BCUT2D eigenvalue weighted by molar-refractivity contribution is 9.11. The van der Waals surface area contributed by atoms with Gasteiger partial charge in [0.2, 0.25) is 0 Å². The number of ether oxygens (including phenoxy) is 1. The highest BCUT2D eigenvalue weighted by atomic mass is 79.9. The maximum absolute atomic E-state index is 12.9. The predicted octanol–water partition coefficient (Wildman–Crippen LogP) is 4.65. The van der Waals surface area contributed by atoms with Crippen molar-refractivity contribution in [2.75, 3.05) is 26.2 Å². The summed E-state index contributed by atoms with van der Waals surface area (Å²) in [5, 5.41) is 3.94. The molecule has 0 N–H and O–H groups in total. The van der Waals surface area contributed by atoms with Gasteiger partial charge in [-0.1, -0.05) is 5.16 Å². The van der Waals surface area contributed by atoms with E-state index in [9.17, 15) is 4.79 Å². The lowest BCUT2D eigenvalue weighted by Crippen LogP contribution is -2.48. The van der Waals surface area contributed by atoms with Gasteiger partial charge in [-0.15, -0.1) is 11.3 Å². The summed E-state index contributed by atoms with van der Waals surface area (Å²) in [7, 11) is 0. The third kappa shape index (κ3) is 4.94. The first kappa shape index (κ1) is 21.1. The van der Waals surface area contributed by atoms with Crippen molar-refractivity contribution in [1.29, 1.82) is 0 Å². The van der Waals surface area contributed by atoms with Crippen molar-refractivity contribution in [3.8, 4) is 5.75 Å². The second-order valence-electron chi connectivity index (χ2n) is 7.39. The molecule has 1 fully saturated rings. The Bertz CT molecular complexity index is 988. The van der Waals surface area contributed by atoms with E-state index in [0.717, 1.165) is 59.3 Å². The molecule has 6 nitrogen and oxygen atoms in total. The largest absolute Gasteiger partial charge is 0.489 e. The Labute approximate surface area is 188 Å². The van der Waals surface area contributed by atoms with Crippen molar-refractivity contribution in [2.45, 2.75) is 27.0 Å². The van der Waals surface area contributed by atoms with E-state index in [1.54, 1.807) is 11.3 Å². The first-order valence-corrected chi connectivity index (χ1v) is 11.5. The van der Waals surface area contributed by atoms with Gasteiger partial charge in [0.1, 0.15) is 18.1 Å². The molecule has 1 saturated heterocycles. The van der Waals surface area contributed by atoms with Gasteiger partial charge >= 0.3 is 0 Å². The van der Waals surface area contributed by atoms with Gasteiger partial charge in [0.05, 0.1) is 15.0 Å². The Morgan fingerprint density at radius 2 is 1.87 bits per heavy atom. The number of aromatic nitrogens is 1. The van der Waals surface area contributed by atoms with E-state index in [1.807, 2.05) is 43.0 Å². The average Bonchev–Trinajstić information content (AvgIpc) is 3.31. The zero-order chi connectivity index (χ0) is 21.1. The molecule has 1 aliphatic heterocycles. The van der Waals surface area contributed by atoms with Crippen molar-refractivity contribution < 1.29 is 14.1 Å². The van der Waals surface area contributed by atoms with E-state index in [1.165, 1.54) is 4.88 Å². The van der Waals surface area contributed by atoms with E-state index >= 15 is 0 Å². The van der Waals surface area contributed by atoms with Crippen LogP contribution in [0.2, 0.25) is 0 Å². The van der Waals surface area contributed by atoms with Crippen LogP contribution in [0.25, 0.3) is 0 Å². The number of piperazine rings is 1. The van der Waals surface area contributed by atoms with Gasteiger partial charge in [-0.05, 0) is 66.2 Å². The fourth-order valence-corrected chi connectivity index (χ4v) is 5.03. The Morgan fingerprint density at radius 3 is 2.47 bits per heavy atom. The molecule has 1 aromatic carbocycles. The zero-order valence-corrected chi connectivity index (χ0v) is 19.5. The monoisotopic (exact) mass is 489 g/mol. The lowest BCUT2D eigenvalue weighted by molar-refractivity contribution is 0.0629. The van der Waals surface area contributed by atoms with Crippen LogP contribution < -0.4 is 4.74 Å². The van der Waals surface area contributed by atoms with E-state index in [-0.39, 0.29) is 5.91 Å². The Hall–Kier alpha value is -2.16. The highest BCUT2D eigenvalue weighted by Gasteiger charge is 2.22. The summed E-state index contributed by atoms with van der Waals surface area (Å²) in [6.45, 7) is 8.38. The van der Waals surface area contributed by atoms with Crippen LogP contribution >= 0.6 is 27.3 Å². The minimum Gasteiger partial charge on any atom is -0.489 e. The van der Waals surface area contributed by atoms with E-state index in [4.69, 9.17) is 9.26 Å². The molecule has 4 rings (SSSR count). The molecule has 3 heterocycles. The Morgan fingerprint density at radius 1 is 1.13 bits per heavy atom. The number of aryl methyl sites for hydroxylation is 2. The van der Waals surface area contributed by atoms with Crippen LogP contribution in [0.3, 0.4) is 0 Å². The Balaban J connectivity index is 1.28. The number of hydrogen-bond donors (Lipinski definition) is 0. The number of amides is 1. The quantitative estimate of drug-likeness (QED) is 0.504. The maximum Gasteiger partial charge on any atom is 0.253 e. The lowest BCUT2D eigenvalue weighted by Gasteiger charge is -2.34. The molecule has 0 radical (unpaired) electrons. The smallest absolute Gasteiger partial charge is 0.253 e. The molecule has 3 aromatic rings. The summed E-state index contributed by atoms with van der Waals surface area (Å²) in [6, 6.07) is 11.6. The molecule has 0 atom stereocenters. The van der Waals surface area contributed by atoms with Gasteiger partial charge in [-0.3, -0.25) is 9.69 Å². The molecule has 1 aliphatic rings.